The number of hydrogen-bond donors (Lipinski definition) is 2. The van der Waals surface area contributed by atoms with Gasteiger partial charge in [-0.3, -0.25) is 0 Å². The Morgan fingerprint density at radius 1 is 1.18 bits per heavy atom. The van der Waals surface area contributed by atoms with E-state index < -0.39 is 17.7 Å². The Balaban J connectivity index is 2.23. The Labute approximate surface area is 128 Å². The number of anilines is 1. The maximum Gasteiger partial charge on any atom is 0.131 e. The number of aliphatic hydroxyl groups is 1. The summed E-state index contributed by atoms with van der Waals surface area (Å²) in [7, 11) is 0. The number of ether oxygens (including phenoxy) is 1. The molecule has 0 fully saturated rings. The van der Waals surface area contributed by atoms with Crippen LogP contribution in [-0.2, 0) is 6.61 Å². The summed E-state index contributed by atoms with van der Waals surface area (Å²) in [6, 6.07) is 8.43. The monoisotopic (exact) mass is 307 g/mol. The van der Waals surface area contributed by atoms with E-state index in [2.05, 4.69) is 5.32 Å². The molecule has 0 spiro atoms. The fraction of sp³-hybridized carbons (Fsp3) is 0.294. The van der Waals surface area contributed by atoms with Crippen molar-refractivity contribution in [1.82, 2.24) is 0 Å². The van der Waals surface area contributed by atoms with Gasteiger partial charge >= 0.3 is 0 Å². The first-order valence-corrected chi connectivity index (χ1v) is 7.13. The topological polar surface area (TPSA) is 41.5 Å². The molecule has 0 aliphatic heterocycles. The van der Waals surface area contributed by atoms with Crippen LogP contribution in [0.2, 0.25) is 0 Å². The van der Waals surface area contributed by atoms with Crippen LogP contribution in [0.1, 0.15) is 31.0 Å². The number of nitrogens with one attached hydrogen (secondary N) is 1. The predicted molar refractivity (Wildman–Crippen MR) is 81.9 cm³/mol. The minimum atomic E-state index is -0.590. The summed E-state index contributed by atoms with van der Waals surface area (Å²) in [5.41, 5.74) is 1.26. The molecule has 0 amide bonds. The number of aliphatic hydroxyl groups excluding tert-OH is 1. The molecule has 0 aromatic heterocycles. The second-order valence-corrected chi connectivity index (χ2v) is 4.91. The molecule has 5 heteroatoms. The van der Waals surface area contributed by atoms with Crippen LogP contribution in [0.5, 0.6) is 5.75 Å². The molecule has 0 saturated carbocycles. The SMILES string of the molecule is CCOc1ccc(N[C@@H](C)c2c(F)cccc2F)cc1CO. The van der Waals surface area contributed by atoms with E-state index in [9.17, 15) is 13.9 Å². The molecule has 0 heterocycles. The average Bonchev–Trinajstić information content (AvgIpc) is 2.48. The molecule has 2 N–H and O–H groups in total. The van der Waals surface area contributed by atoms with Crippen molar-refractivity contribution >= 4 is 5.69 Å². The number of rotatable bonds is 6. The molecule has 3 nitrogen and oxygen atoms in total. The molecule has 0 saturated heterocycles. The van der Waals surface area contributed by atoms with E-state index in [-0.39, 0.29) is 12.2 Å². The van der Waals surface area contributed by atoms with Crippen LogP contribution in [0.25, 0.3) is 0 Å². The van der Waals surface area contributed by atoms with Gasteiger partial charge in [0.1, 0.15) is 17.4 Å². The molecule has 0 bridgehead atoms. The van der Waals surface area contributed by atoms with Crippen LogP contribution in [0.3, 0.4) is 0 Å². The maximum atomic E-state index is 13.8. The van der Waals surface area contributed by atoms with Gasteiger partial charge in [0.2, 0.25) is 0 Å². The molecular weight excluding hydrogens is 288 g/mol. The van der Waals surface area contributed by atoms with E-state index in [1.54, 1.807) is 25.1 Å². The molecule has 22 heavy (non-hydrogen) atoms. The standard InChI is InChI=1S/C17H19F2NO2/c1-3-22-16-8-7-13(9-12(16)10-21)20-11(2)17-14(18)5-4-6-15(17)19/h4-9,11,20-21H,3,10H2,1-2H3/t11-/m0/s1. The van der Waals surface area contributed by atoms with Crippen LogP contribution >= 0.6 is 0 Å². The fourth-order valence-corrected chi connectivity index (χ4v) is 2.34. The largest absolute Gasteiger partial charge is 0.494 e. The van der Waals surface area contributed by atoms with Gasteiger partial charge in [-0.05, 0) is 44.2 Å². The first kappa shape index (κ1) is 16.2. The van der Waals surface area contributed by atoms with E-state index in [4.69, 9.17) is 4.74 Å². The minimum Gasteiger partial charge on any atom is -0.494 e. The zero-order valence-electron chi connectivity index (χ0n) is 12.6. The average molecular weight is 307 g/mol. The van der Waals surface area contributed by atoms with Crippen molar-refractivity contribution in [3.05, 3.63) is 59.2 Å². The Morgan fingerprint density at radius 3 is 2.45 bits per heavy atom. The summed E-state index contributed by atoms with van der Waals surface area (Å²) in [6.07, 6.45) is 0. The normalized spacial score (nSPS) is 12.0. The molecule has 1 atom stereocenters. The third-order valence-electron chi connectivity index (χ3n) is 3.35. The van der Waals surface area contributed by atoms with Gasteiger partial charge in [-0.25, -0.2) is 8.78 Å². The van der Waals surface area contributed by atoms with Gasteiger partial charge in [0.05, 0.1) is 19.3 Å². The second-order valence-electron chi connectivity index (χ2n) is 4.91. The molecular formula is C17H19F2NO2. The summed E-state index contributed by atoms with van der Waals surface area (Å²) in [5, 5.41) is 12.4. The van der Waals surface area contributed by atoms with Crippen molar-refractivity contribution in [1.29, 1.82) is 0 Å². The number of halogens is 2. The number of hydrogen-bond acceptors (Lipinski definition) is 3. The highest BCUT2D eigenvalue weighted by Gasteiger charge is 2.16. The molecule has 0 aliphatic rings. The predicted octanol–water partition coefficient (Wildman–Crippen LogP) is 4.03. The molecule has 2 aromatic rings. The van der Waals surface area contributed by atoms with Crippen molar-refractivity contribution in [2.75, 3.05) is 11.9 Å². The van der Waals surface area contributed by atoms with E-state index in [0.29, 0.717) is 23.6 Å². The lowest BCUT2D eigenvalue weighted by molar-refractivity contribution is 0.267. The van der Waals surface area contributed by atoms with Gasteiger partial charge in [-0.2, -0.15) is 0 Å². The third kappa shape index (κ3) is 3.54. The summed E-state index contributed by atoms with van der Waals surface area (Å²) < 4.78 is 33.0. The van der Waals surface area contributed by atoms with Gasteiger partial charge in [0, 0.05) is 16.8 Å². The zero-order chi connectivity index (χ0) is 16.1. The molecule has 0 radical (unpaired) electrons. The van der Waals surface area contributed by atoms with Gasteiger partial charge in [-0.1, -0.05) is 6.07 Å². The van der Waals surface area contributed by atoms with Crippen molar-refractivity contribution in [3.63, 3.8) is 0 Å². The highest BCUT2D eigenvalue weighted by atomic mass is 19.1. The summed E-state index contributed by atoms with van der Waals surface area (Å²) in [4.78, 5) is 0. The lowest BCUT2D eigenvalue weighted by atomic mass is 10.1. The van der Waals surface area contributed by atoms with Crippen molar-refractivity contribution in [3.8, 4) is 5.75 Å². The molecule has 2 aromatic carbocycles. The van der Waals surface area contributed by atoms with Gasteiger partial charge in [0.25, 0.3) is 0 Å². The lowest BCUT2D eigenvalue weighted by Gasteiger charge is -2.18. The van der Waals surface area contributed by atoms with E-state index in [1.807, 2.05) is 6.92 Å². The first-order valence-electron chi connectivity index (χ1n) is 7.13. The van der Waals surface area contributed by atoms with Gasteiger partial charge in [0.15, 0.2) is 0 Å². The summed E-state index contributed by atoms with van der Waals surface area (Å²) >= 11 is 0. The van der Waals surface area contributed by atoms with E-state index >= 15 is 0 Å². The van der Waals surface area contributed by atoms with Crippen LogP contribution in [0.15, 0.2) is 36.4 Å². The molecule has 0 unspecified atom stereocenters. The van der Waals surface area contributed by atoms with Crippen LogP contribution in [0.4, 0.5) is 14.5 Å². The highest BCUT2D eigenvalue weighted by Crippen LogP contribution is 2.28. The Hall–Kier alpha value is -2.14. The molecule has 118 valence electrons. The summed E-state index contributed by atoms with van der Waals surface area (Å²) in [5.74, 6) is -0.582. The maximum absolute atomic E-state index is 13.8. The highest BCUT2D eigenvalue weighted by molar-refractivity contribution is 5.52. The van der Waals surface area contributed by atoms with Gasteiger partial charge in [-0.15, -0.1) is 0 Å². The Morgan fingerprint density at radius 2 is 1.86 bits per heavy atom. The van der Waals surface area contributed by atoms with Crippen LogP contribution in [-0.4, -0.2) is 11.7 Å². The quantitative estimate of drug-likeness (QED) is 0.846. The van der Waals surface area contributed by atoms with E-state index in [0.717, 1.165) is 0 Å². The Bertz CT molecular complexity index is 626. The van der Waals surface area contributed by atoms with Crippen LogP contribution < -0.4 is 10.1 Å². The third-order valence-corrected chi connectivity index (χ3v) is 3.35. The minimum absolute atomic E-state index is 0.0121. The van der Waals surface area contributed by atoms with Gasteiger partial charge < -0.3 is 15.2 Å². The fourth-order valence-electron chi connectivity index (χ4n) is 2.34. The first-order chi connectivity index (χ1) is 10.6. The van der Waals surface area contributed by atoms with Crippen LogP contribution in [0, 0.1) is 11.6 Å². The second kappa shape index (κ2) is 7.22. The lowest BCUT2D eigenvalue weighted by Crippen LogP contribution is -2.11. The number of benzene rings is 2. The molecule has 2 rings (SSSR count). The Kier molecular flexibility index (Phi) is 5.33. The zero-order valence-corrected chi connectivity index (χ0v) is 12.6. The smallest absolute Gasteiger partial charge is 0.131 e. The summed E-state index contributed by atoms with van der Waals surface area (Å²) in [6.45, 7) is 3.86. The van der Waals surface area contributed by atoms with Crippen molar-refractivity contribution in [2.24, 2.45) is 0 Å². The molecule has 0 aliphatic carbocycles. The van der Waals surface area contributed by atoms with Crippen molar-refractivity contribution < 1.29 is 18.6 Å². The van der Waals surface area contributed by atoms with Crippen molar-refractivity contribution in [2.45, 2.75) is 26.5 Å². The van der Waals surface area contributed by atoms with E-state index in [1.165, 1.54) is 18.2 Å².